The van der Waals surface area contributed by atoms with E-state index in [4.69, 9.17) is 4.42 Å². The van der Waals surface area contributed by atoms with Crippen LogP contribution in [0.3, 0.4) is 0 Å². The molecule has 0 bridgehead atoms. The van der Waals surface area contributed by atoms with E-state index in [1.165, 1.54) is 13.2 Å². The second-order valence-electron chi connectivity index (χ2n) is 4.75. The van der Waals surface area contributed by atoms with Crippen LogP contribution in [0, 0.1) is 6.92 Å². The third-order valence-corrected chi connectivity index (χ3v) is 6.35. The summed E-state index contributed by atoms with van der Waals surface area (Å²) < 4.78 is 29.0. The van der Waals surface area contributed by atoms with Gasteiger partial charge in [-0.15, -0.1) is 10.2 Å². The van der Waals surface area contributed by atoms with E-state index in [-0.39, 0.29) is 26.1 Å². The predicted molar refractivity (Wildman–Crippen MR) is 83.9 cm³/mol. The van der Waals surface area contributed by atoms with Crippen LogP contribution in [0.5, 0.6) is 0 Å². The fourth-order valence-corrected chi connectivity index (χ4v) is 4.04. The first-order valence-corrected chi connectivity index (χ1v) is 8.98. The SMILES string of the molecule is CCS(=O)(=O)c1nnc(-c2coc3cc(C)ccc3c2=O)s1. The smallest absolute Gasteiger partial charge is 0.232 e. The second kappa shape index (κ2) is 5.29. The molecule has 0 aliphatic heterocycles. The lowest BCUT2D eigenvalue weighted by Crippen LogP contribution is -2.04. The number of aryl methyl sites for hydroxylation is 1. The summed E-state index contributed by atoms with van der Waals surface area (Å²) in [5, 5.41) is 8.15. The summed E-state index contributed by atoms with van der Waals surface area (Å²) in [6.07, 6.45) is 1.30. The molecule has 0 N–H and O–H groups in total. The van der Waals surface area contributed by atoms with Crippen LogP contribution in [-0.2, 0) is 9.84 Å². The normalized spacial score (nSPS) is 11.9. The molecule has 2 heterocycles. The molecule has 0 aliphatic carbocycles. The molecule has 114 valence electrons. The molecule has 1 aromatic carbocycles. The summed E-state index contributed by atoms with van der Waals surface area (Å²) in [5.41, 5.74) is 1.43. The summed E-state index contributed by atoms with van der Waals surface area (Å²) in [7, 11) is -3.43. The Balaban J connectivity index is 2.18. The number of fused-ring (bicyclic) bond motifs is 1. The van der Waals surface area contributed by atoms with Gasteiger partial charge in [0.2, 0.25) is 19.6 Å². The monoisotopic (exact) mass is 336 g/mol. The van der Waals surface area contributed by atoms with Crippen LogP contribution in [0.2, 0.25) is 0 Å². The maximum Gasteiger partial charge on any atom is 0.232 e. The van der Waals surface area contributed by atoms with Crippen molar-refractivity contribution in [2.24, 2.45) is 0 Å². The van der Waals surface area contributed by atoms with Crippen LogP contribution in [0.1, 0.15) is 12.5 Å². The zero-order valence-corrected chi connectivity index (χ0v) is 13.5. The minimum Gasteiger partial charge on any atom is -0.463 e. The van der Waals surface area contributed by atoms with E-state index in [1.54, 1.807) is 12.1 Å². The van der Waals surface area contributed by atoms with Crippen LogP contribution < -0.4 is 5.43 Å². The van der Waals surface area contributed by atoms with Gasteiger partial charge in [-0.25, -0.2) is 8.42 Å². The van der Waals surface area contributed by atoms with Gasteiger partial charge in [0.25, 0.3) is 0 Å². The Kier molecular flexibility index (Phi) is 3.57. The van der Waals surface area contributed by atoms with E-state index in [2.05, 4.69) is 10.2 Å². The quantitative estimate of drug-likeness (QED) is 0.729. The van der Waals surface area contributed by atoms with Gasteiger partial charge in [-0.05, 0) is 24.6 Å². The van der Waals surface area contributed by atoms with Crippen molar-refractivity contribution in [3.63, 3.8) is 0 Å². The van der Waals surface area contributed by atoms with Crippen molar-refractivity contribution >= 4 is 32.1 Å². The van der Waals surface area contributed by atoms with Crippen LogP contribution in [0.25, 0.3) is 21.5 Å². The van der Waals surface area contributed by atoms with Gasteiger partial charge in [-0.2, -0.15) is 0 Å². The summed E-state index contributed by atoms with van der Waals surface area (Å²) in [6, 6.07) is 5.27. The highest BCUT2D eigenvalue weighted by Crippen LogP contribution is 2.26. The number of aromatic nitrogens is 2. The lowest BCUT2D eigenvalue weighted by Gasteiger charge is -2.00. The molecular formula is C14H12N2O4S2. The molecule has 0 saturated heterocycles. The van der Waals surface area contributed by atoms with E-state index in [9.17, 15) is 13.2 Å². The van der Waals surface area contributed by atoms with E-state index in [0.717, 1.165) is 16.9 Å². The van der Waals surface area contributed by atoms with Crippen molar-refractivity contribution in [3.05, 3.63) is 40.2 Å². The van der Waals surface area contributed by atoms with Crippen molar-refractivity contribution in [1.29, 1.82) is 0 Å². The number of rotatable bonds is 3. The van der Waals surface area contributed by atoms with E-state index in [1.807, 2.05) is 13.0 Å². The number of hydrogen-bond donors (Lipinski definition) is 0. The zero-order chi connectivity index (χ0) is 15.9. The Labute approximate surface area is 130 Å². The molecular weight excluding hydrogens is 324 g/mol. The average molecular weight is 336 g/mol. The number of sulfone groups is 1. The van der Waals surface area contributed by atoms with Crippen molar-refractivity contribution < 1.29 is 12.8 Å². The van der Waals surface area contributed by atoms with Gasteiger partial charge in [0.05, 0.1) is 16.7 Å². The molecule has 0 fully saturated rings. The summed E-state index contributed by atoms with van der Waals surface area (Å²) in [6.45, 7) is 3.43. The molecule has 8 heteroatoms. The van der Waals surface area contributed by atoms with Gasteiger partial charge < -0.3 is 4.42 Å². The van der Waals surface area contributed by atoms with Crippen LogP contribution in [-0.4, -0.2) is 24.4 Å². The molecule has 6 nitrogen and oxygen atoms in total. The van der Waals surface area contributed by atoms with E-state index in [0.29, 0.717) is 11.0 Å². The summed E-state index contributed by atoms with van der Waals surface area (Å²) in [4.78, 5) is 12.5. The number of benzene rings is 1. The Morgan fingerprint density at radius 2 is 2.05 bits per heavy atom. The average Bonchev–Trinajstić information content (AvgIpc) is 2.98. The minimum absolute atomic E-state index is 0.0623. The predicted octanol–water partition coefficient (Wildman–Crippen LogP) is 2.41. The maximum atomic E-state index is 12.5. The maximum absolute atomic E-state index is 12.5. The van der Waals surface area contributed by atoms with Crippen LogP contribution in [0.4, 0.5) is 0 Å². The highest BCUT2D eigenvalue weighted by atomic mass is 32.2. The second-order valence-corrected chi connectivity index (χ2v) is 8.18. The standard InChI is InChI=1S/C14H12N2O4S2/c1-3-22(18,19)14-16-15-13(21-14)10-7-20-11-6-8(2)4-5-9(11)12(10)17/h4-7H,3H2,1-2H3. The van der Waals surface area contributed by atoms with Crippen molar-refractivity contribution in [1.82, 2.24) is 10.2 Å². The number of hydrogen-bond acceptors (Lipinski definition) is 7. The molecule has 0 spiro atoms. The molecule has 0 unspecified atom stereocenters. The summed E-state index contributed by atoms with van der Waals surface area (Å²) in [5.74, 6) is -0.0623. The van der Waals surface area contributed by atoms with Gasteiger partial charge in [0, 0.05) is 0 Å². The molecule has 0 saturated carbocycles. The highest BCUT2D eigenvalue weighted by Gasteiger charge is 2.20. The molecule has 2 aromatic heterocycles. The fourth-order valence-electron chi connectivity index (χ4n) is 1.95. The Morgan fingerprint density at radius 3 is 2.77 bits per heavy atom. The van der Waals surface area contributed by atoms with Crippen molar-refractivity contribution in [3.8, 4) is 10.6 Å². The molecule has 0 atom stereocenters. The first kappa shape index (κ1) is 14.9. The van der Waals surface area contributed by atoms with Gasteiger partial charge in [-0.3, -0.25) is 4.79 Å². The first-order chi connectivity index (χ1) is 10.4. The zero-order valence-electron chi connectivity index (χ0n) is 11.9. The fraction of sp³-hybridized carbons (Fsp3) is 0.214. The number of nitrogens with zero attached hydrogens (tertiary/aromatic N) is 2. The third-order valence-electron chi connectivity index (χ3n) is 3.21. The van der Waals surface area contributed by atoms with Gasteiger partial charge in [0.15, 0.2) is 5.01 Å². The van der Waals surface area contributed by atoms with Crippen molar-refractivity contribution in [2.75, 3.05) is 5.75 Å². The van der Waals surface area contributed by atoms with E-state index < -0.39 is 9.84 Å². The molecule has 0 aliphatic rings. The van der Waals surface area contributed by atoms with Gasteiger partial charge in [-0.1, -0.05) is 24.3 Å². The molecule has 3 aromatic rings. The highest BCUT2D eigenvalue weighted by molar-refractivity contribution is 7.93. The molecule has 3 rings (SSSR count). The minimum atomic E-state index is -3.43. The Bertz CT molecular complexity index is 1020. The van der Waals surface area contributed by atoms with Gasteiger partial charge >= 0.3 is 0 Å². The topological polar surface area (TPSA) is 90.1 Å². The molecule has 0 amide bonds. The summed E-state index contributed by atoms with van der Waals surface area (Å²) >= 11 is 0.873. The first-order valence-electron chi connectivity index (χ1n) is 6.51. The molecule has 22 heavy (non-hydrogen) atoms. The van der Waals surface area contributed by atoms with Gasteiger partial charge in [0.1, 0.15) is 11.8 Å². The lowest BCUT2D eigenvalue weighted by atomic mass is 10.1. The third kappa shape index (κ3) is 2.44. The Morgan fingerprint density at radius 1 is 1.27 bits per heavy atom. The Hall–Kier alpha value is -2.06. The van der Waals surface area contributed by atoms with E-state index >= 15 is 0 Å². The largest absolute Gasteiger partial charge is 0.463 e. The van der Waals surface area contributed by atoms with Crippen LogP contribution in [0.15, 0.2) is 38.0 Å². The van der Waals surface area contributed by atoms with Crippen LogP contribution >= 0.6 is 11.3 Å². The van der Waals surface area contributed by atoms with Crippen molar-refractivity contribution in [2.45, 2.75) is 18.2 Å². The molecule has 0 radical (unpaired) electrons. The lowest BCUT2D eigenvalue weighted by molar-refractivity contribution is 0.595.